The number of nitrogens with one attached hydrogen (secondary N) is 3. The van der Waals surface area contributed by atoms with Gasteiger partial charge in [0.05, 0.1) is 11.1 Å². The molecule has 5 rings (SSSR count). The summed E-state index contributed by atoms with van der Waals surface area (Å²) < 4.78 is 38.9. The number of aromatic nitrogens is 2. The van der Waals surface area contributed by atoms with Crippen LogP contribution in [-0.2, 0) is 28.0 Å². The van der Waals surface area contributed by atoms with E-state index in [4.69, 9.17) is 25.5 Å². The van der Waals surface area contributed by atoms with E-state index in [-0.39, 0.29) is 12.6 Å². The van der Waals surface area contributed by atoms with Gasteiger partial charge in [0.1, 0.15) is 12.0 Å². The van der Waals surface area contributed by atoms with Gasteiger partial charge in [-0.15, -0.1) is 0 Å². The van der Waals surface area contributed by atoms with Crippen molar-refractivity contribution in [3.05, 3.63) is 83.3 Å². The summed E-state index contributed by atoms with van der Waals surface area (Å²) in [7, 11) is 0. The molecule has 3 heterocycles. The van der Waals surface area contributed by atoms with Crippen molar-refractivity contribution in [2.24, 2.45) is 5.73 Å². The molecule has 1 saturated heterocycles. The third kappa shape index (κ3) is 8.61. The van der Waals surface area contributed by atoms with Crippen molar-refractivity contribution in [2.45, 2.75) is 51.1 Å². The fourth-order valence-corrected chi connectivity index (χ4v) is 4.56. The maximum Gasteiger partial charge on any atom is 0.416 e. The van der Waals surface area contributed by atoms with Crippen LogP contribution in [0.5, 0.6) is 0 Å². The lowest BCUT2D eigenvalue weighted by Crippen LogP contribution is -2.57. The van der Waals surface area contributed by atoms with Crippen molar-refractivity contribution in [3.8, 4) is 0 Å². The first-order valence-electron chi connectivity index (χ1n) is 13.1. The van der Waals surface area contributed by atoms with Gasteiger partial charge < -0.3 is 26.6 Å². The second-order valence-electron chi connectivity index (χ2n) is 9.70. The number of rotatable bonds is 5. The molecule has 7 N–H and O–H groups in total. The molecule has 0 radical (unpaired) electrons. The van der Waals surface area contributed by atoms with E-state index in [2.05, 4.69) is 31.0 Å². The standard InChI is InChI=1S/C24H26F3N7.2C2H4O2/c25-24(26,27)18-3-1-2-16(12-18)13-31-19-6-4-17(5-7-19)23(28)21-14-30-15-32-22(21)34(33-23)20-8-10-29-11-9-20;2*1-2(3)4/h1-7,12,14-15,20,29,31,33H,8-11,13,28H2;2*1H3,(H,3,4). The lowest BCUT2D eigenvalue weighted by atomic mass is 9.95. The fourth-order valence-electron chi connectivity index (χ4n) is 4.56. The second-order valence-corrected chi connectivity index (χ2v) is 9.70. The summed E-state index contributed by atoms with van der Waals surface area (Å²) in [6.45, 7) is 4.32. The van der Waals surface area contributed by atoms with E-state index in [0.29, 0.717) is 5.56 Å². The van der Waals surface area contributed by atoms with E-state index in [9.17, 15) is 13.2 Å². The molecule has 0 saturated carbocycles. The molecule has 0 aliphatic carbocycles. The average molecular weight is 590 g/mol. The van der Waals surface area contributed by atoms with Crippen molar-refractivity contribution >= 4 is 23.4 Å². The molecule has 2 aliphatic heterocycles. The van der Waals surface area contributed by atoms with Gasteiger partial charge >= 0.3 is 6.18 Å². The summed E-state index contributed by atoms with van der Waals surface area (Å²) in [6.07, 6.45) is 0.872. The minimum Gasteiger partial charge on any atom is -0.481 e. The Morgan fingerprint density at radius 2 is 1.71 bits per heavy atom. The second kappa shape index (κ2) is 14.1. The smallest absolute Gasteiger partial charge is 0.416 e. The molecule has 226 valence electrons. The van der Waals surface area contributed by atoms with Gasteiger partial charge in [-0.2, -0.15) is 13.2 Å². The van der Waals surface area contributed by atoms with Crippen molar-refractivity contribution in [2.75, 3.05) is 23.4 Å². The molecule has 14 heteroatoms. The monoisotopic (exact) mass is 589 g/mol. The van der Waals surface area contributed by atoms with Crippen molar-refractivity contribution in [1.82, 2.24) is 20.7 Å². The zero-order valence-corrected chi connectivity index (χ0v) is 23.2. The van der Waals surface area contributed by atoms with E-state index < -0.39 is 29.3 Å². The zero-order valence-electron chi connectivity index (χ0n) is 23.2. The van der Waals surface area contributed by atoms with Crippen molar-refractivity contribution < 1.29 is 33.0 Å². The molecule has 2 aliphatic rings. The van der Waals surface area contributed by atoms with Gasteiger partial charge in [0.15, 0.2) is 5.82 Å². The van der Waals surface area contributed by atoms with Crippen LogP contribution in [0.4, 0.5) is 24.7 Å². The molecular weight excluding hydrogens is 555 g/mol. The third-order valence-corrected chi connectivity index (χ3v) is 6.41. The molecule has 1 atom stereocenters. The van der Waals surface area contributed by atoms with Crippen LogP contribution in [0.25, 0.3) is 0 Å². The van der Waals surface area contributed by atoms with E-state index >= 15 is 0 Å². The number of carboxylic acid groups (broad SMARTS) is 2. The number of halogens is 3. The van der Waals surface area contributed by atoms with Crippen LogP contribution in [0.3, 0.4) is 0 Å². The molecule has 0 bridgehead atoms. The summed E-state index contributed by atoms with van der Waals surface area (Å²) in [6, 6.07) is 13.1. The number of anilines is 2. The van der Waals surface area contributed by atoms with Gasteiger partial charge in [0, 0.05) is 38.3 Å². The number of nitrogens with two attached hydrogens (primary N) is 1. The Morgan fingerprint density at radius 1 is 1.10 bits per heavy atom. The third-order valence-electron chi connectivity index (χ3n) is 6.41. The van der Waals surface area contributed by atoms with Gasteiger partial charge in [-0.05, 0) is 61.3 Å². The Kier molecular flexibility index (Phi) is 10.8. The van der Waals surface area contributed by atoms with E-state index in [1.807, 2.05) is 24.3 Å². The molecule has 2 aromatic carbocycles. The SMILES string of the molecule is CC(=O)O.CC(=O)O.NC1(c2ccc(NCc3cccc(C(F)(F)F)c3)cc2)NN(C2CCNCC2)c2ncncc21. The van der Waals surface area contributed by atoms with Gasteiger partial charge in [-0.25, -0.2) is 15.4 Å². The van der Waals surface area contributed by atoms with E-state index in [0.717, 1.165) is 74.5 Å². The largest absolute Gasteiger partial charge is 0.481 e. The first-order valence-corrected chi connectivity index (χ1v) is 13.1. The van der Waals surface area contributed by atoms with Crippen LogP contribution < -0.4 is 26.8 Å². The Labute approximate surface area is 240 Å². The normalized spacial score (nSPS) is 18.1. The summed E-state index contributed by atoms with van der Waals surface area (Å²) >= 11 is 0. The predicted molar refractivity (Wildman–Crippen MR) is 150 cm³/mol. The highest BCUT2D eigenvalue weighted by Crippen LogP contribution is 2.38. The summed E-state index contributed by atoms with van der Waals surface area (Å²) in [5.41, 5.74) is 11.7. The number of carbonyl (C=O) groups is 2. The lowest BCUT2D eigenvalue weighted by molar-refractivity contribution is -0.138. The minimum absolute atomic E-state index is 0.272. The molecule has 0 spiro atoms. The molecule has 1 unspecified atom stereocenters. The maximum atomic E-state index is 13.0. The first kappa shape index (κ1) is 32.2. The minimum atomic E-state index is -4.36. The molecular formula is C28H34F3N7O4. The first-order chi connectivity index (χ1) is 19.8. The number of aliphatic carboxylic acids is 2. The predicted octanol–water partition coefficient (Wildman–Crippen LogP) is 3.53. The highest BCUT2D eigenvalue weighted by Gasteiger charge is 2.44. The number of hydrazine groups is 1. The molecule has 0 amide bonds. The lowest BCUT2D eigenvalue weighted by Gasteiger charge is -2.35. The van der Waals surface area contributed by atoms with Crippen LogP contribution >= 0.6 is 0 Å². The fraction of sp³-hybridized carbons (Fsp3) is 0.357. The highest BCUT2D eigenvalue weighted by molar-refractivity contribution is 5.63. The van der Waals surface area contributed by atoms with Crippen molar-refractivity contribution in [1.29, 1.82) is 0 Å². The number of hydrogen-bond donors (Lipinski definition) is 6. The summed E-state index contributed by atoms with van der Waals surface area (Å²) in [5.74, 6) is -0.879. The van der Waals surface area contributed by atoms with E-state index in [1.165, 1.54) is 12.4 Å². The Bertz CT molecular complexity index is 1330. The summed E-state index contributed by atoms with van der Waals surface area (Å²) in [5, 5.41) is 23.5. The number of carboxylic acids is 2. The number of nitrogens with zero attached hydrogens (tertiary/aromatic N) is 3. The number of hydrogen-bond acceptors (Lipinski definition) is 9. The molecule has 42 heavy (non-hydrogen) atoms. The average Bonchev–Trinajstić information content (AvgIpc) is 3.25. The molecule has 11 nitrogen and oxygen atoms in total. The Hall–Kier alpha value is -4.27. The quantitative estimate of drug-likeness (QED) is 0.258. The van der Waals surface area contributed by atoms with E-state index in [1.54, 1.807) is 12.3 Å². The summed E-state index contributed by atoms with van der Waals surface area (Å²) in [4.78, 5) is 26.7. The topological polar surface area (TPSA) is 166 Å². The van der Waals surface area contributed by atoms with Gasteiger partial charge in [-0.3, -0.25) is 14.6 Å². The van der Waals surface area contributed by atoms with Gasteiger partial charge in [-0.1, -0.05) is 24.3 Å². The number of alkyl halides is 3. The van der Waals surface area contributed by atoms with Crippen LogP contribution in [0, 0.1) is 0 Å². The maximum absolute atomic E-state index is 13.0. The highest BCUT2D eigenvalue weighted by atomic mass is 19.4. The van der Waals surface area contributed by atoms with Crippen LogP contribution in [0.2, 0.25) is 0 Å². The Morgan fingerprint density at radius 3 is 2.31 bits per heavy atom. The zero-order chi connectivity index (χ0) is 30.9. The van der Waals surface area contributed by atoms with Gasteiger partial charge in [0.25, 0.3) is 11.9 Å². The molecule has 1 aromatic heterocycles. The molecule has 3 aromatic rings. The van der Waals surface area contributed by atoms with Crippen molar-refractivity contribution in [3.63, 3.8) is 0 Å². The Balaban J connectivity index is 0.000000540. The number of benzene rings is 2. The number of piperidine rings is 1. The number of fused-ring (bicyclic) bond motifs is 1. The van der Waals surface area contributed by atoms with Crippen LogP contribution in [-0.4, -0.2) is 51.3 Å². The van der Waals surface area contributed by atoms with Gasteiger partial charge in [0.2, 0.25) is 0 Å². The van der Waals surface area contributed by atoms with Crippen LogP contribution in [0.15, 0.2) is 61.1 Å². The van der Waals surface area contributed by atoms with Crippen LogP contribution in [0.1, 0.15) is 48.9 Å². The molecule has 1 fully saturated rings.